The normalized spacial score (nSPS) is 15.7. The van der Waals surface area contributed by atoms with Crippen molar-refractivity contribution in [3.8, 4) is 0 Å². The first-order valence-electron chi connectivity index (χ1n) is 9.27. The summed E-state index contributed by atoms with van der Waals surface area (Å²) in [5.41, 5.74) is 9.53. The van der Waals surface area contributed by atoms with E-state index in [0.29, 0.717) is 22.0 Å². The van der Waals surface area contributed by atoms with Crippen LogP contribution in [-0.4, -0.2) is 16.8 Å². The van der Waals surface area contributed by atoms with E-state index in [9.17, 15) is 9.59 Å². The molecule has 3 N–H and O–H groups in total. The molecule has 6 heteroatoms. The zero-order valence-corrected chi connectivity index (χ0v) is 15.6. The molecule has 0 radical (unpaired) electrons. The van der Waals surface area contributed by atoms with Crippen LogP contribution in [0, 0.1) is 0 Å². The van der Waals surface area contributed by atoms with E-state index >= 15 is 0 Å². The fourth-order valence-electron chi connectivity index (χ4n) is 3.90. The van der Waals surface area contributed by atoms with Gasteiger partial charge in [-0.15, -0.1) is 11.3 Å². The van der Waals surface area contributed by atoms with Crippen LogP contribution in [0.1, 0.15) is 62.0 Å². The molecule has 1 fully saturated rings. The SMILES string of the molecule is NC(=O)c1c(NC(=O)c2cc(C3CC3)nc3ccccc23)sc2c1CCC2. The van der Waals surface area contributed by atoms with Gasteiger partial charge in [0.25, 0.3) is 11.8 Å². The molecule has 0 saturated heterocycles. The van der Waals surface area contributed by atoms with Crippen molar-refractivity contribution in [2.75, 3.05) is 5.32 Å². The van der Waals surface area contributed by atoms with Gasteiger partial charge < -0.3 is 11.1 Å². The third-order valence-electron chi connectivity index (χ3n) is 5.37. The molecule has 1 aromatic carbocycles. The first-order valence-corrected chi connectivity index (χ1v) is 10.1. The number of primary amides is 1. The van der Waals surface area contributed by atoms with Crippen molar-refractivity contribution < 1.29 is 9.59 Å². The van der Waals surface area contributed by atoms with Gasteiger partial charge in [-0.1, -0.05) is 18.2 Å². The lowest BCUT2D eigenvalue weighted by Gasteiger charge is -2.10. The standard InChI is InChI=1S/C21H19N3O2S/c22-19(25)18-13-5-3-7-17(13)27-21(18)24-20(26)14-10-16(11-8-9-11)23-15-6-2-1-4-12(14)15/h1-2,4,6,10-11H,3,5,7-9H2,(H2,22,25)(H,24,26). The Kier molecular flexibility index (Phi) is 3.75. The molecule has 0 spiro atoms. The molecule has 2 aliphatic rings. The number of nitrogens with two attached hydrogens (primary N) is 1. The lowest BCUT2D eigenvalue weighted by atomic mass is 10.0. The topological polar surface area (TPSA) is 85.1 Å². The number of aryl methyl sites for hydroxylation is 1. The fourth-order valence-corrected chi connectivity index (χ4v) is 5.19. The quantitative estimate of drug-likeness (QED) is 0.720. The number of anilines is 1. The Morgan fingerprint density at radius 1 is 1.19 bits per heavy atom. The number of nitrogens with zero attached hydrogens (tertiary/aromatic N) is 1. The Morgan fingerprint density at radius 3 is 2.78 bits per heavy atom. The Labute approximate surface area is 160 Å². The summed E-state index contributed by atoms with van der Waals surface area (Å²) < 4.78 is 0. The number of carbonyl (C=O) groups excluding carboxylic acids is 2. The van der Waals surface area contributed by atoms with E-state index in [1.165, 1.54) is 11.3 Å². The molecule has 2 aliphatic carbocycles. The van der Waals surface area contributed by atoms with Crippen molar-refractivity contribution in [1.82, 2.24) is 4.98 Å². The molecule has 2 aromatic heterocycles. The number of thiophene rings is 1. The number of pyridine rings is 1. The minimum absolute atomic E-state index is 0.210. The smallest absolute Gasteiger partial charge is 0.257 e. The van der Waals surface area contributed by atoms with Gasteiger partial charge >= 0.3 is 0 Å². The average Bonchev–Trinajstić information content (AvgIpc) is 3.32. The van der Waals surface area contributed by atoms with Gasteiger partial charge in [-0.3, -0.25) is 14.6 Å². The van der Waals surface area contributed by atoms with Crippen LogP contribution >= 0.6 is 11.3 Å². The van der Waals surface area contributed by atoms with Crippen molar-refractivity contribution in [3.05, 3.63) is 57.6 Å². The second-order valence-corrected chi connectivity index (χ2v) is 8.37. The van der Waals surface area contributed by atoms with Gasteiger partial charge in [0.1, 0.15) is 5.00 Å². The zero-order chi connectivity index (χ0) is 18.5. The van der Waals surface area contributed by atoms with E-state index < -0.39 is 5.91 Å². The van der Waals surface area contributed by atoms with Crippen LogP contribution in [0.25, 0.3) is 10.9 Å². The molecule has 2 heterocycles. The number of aromatic nitrogens is 1. The number of hydrogen-bond acceptors (Lipinski definition) is 4. The summed E-state index contributed by atoms with van der Waals surface area (Å²) in [6, 6.07) is 9.60. The molecule has 0 aliphatic heterocycles. The van der Waals surface area contributed by atoms with Gasteiger partial charge in [-0.25, -0.2) is 0 Å². The van der Waals surface area contributed by atoms with Crippen molar-refractivity contribution >= 4 is 39.1 Å². The molecule has 1 saturated carbocycles. The van der Waals surface area contributed by atoms with Crippen LogP contribution in [0.4, 0.5) is 5.00 Å². The van der Waals surface area contributed by atoms with Crippen molar-refractivity contribution in [2.24, 2.45) is 5.73 Å². The highest BCUT2D eigenvalue weighted by Gasteiger charge is 2.29. The van der Waals surface area contributed by atoms with Gasteiger partial charge in [0.2, 0.25) is 0 Å². The first-order chi connectivity index (χ1) is 13.1. The van der Waals surface area contributed by atoms with E-state index in [-0.39, 0.29) is 5.91 Å². The van der Waals surface area contributed by atoms with E-state index in [1.54, 1.807) is 0 Å². The molecule has 2 amide bonds. The van der Waals surface area contributed by atoms with Crippen LogP contribution in [0.5, 0.6) is 0 Å². The van der Waals surface area contributed by atoms with Gasteiger partial charge in [-0.2, -0.15) is 0 Å². The zero-order valence-electron chi connectivity index (χ0n) is 14.7. The number of fused-ring (bicyclic) bond motifs is 2. The Hall–Kier alpha value is -2.73. The summed E-state index contributed by atoms with van der Waals surface area (Å²) in [4.78, 5) is 31.0. The third-order valence-corrected chi connectivity index (χ3v) is 6.58. The van der Waals surface area contributed by atoms with Crippen molar-refractivity contribution in [2.45, 2.75) is 38.0 Å². The first kappa shape index (κ1) is 16.4. The largest absolute Gasteiger partial charge is 0.365 e. The molecule has 0 bridgehead atoms. The number of nitrogens with one attached hydrogen (secondary N) is 1. The number of benzene rings is 1. The molecular formula is C21H19N3O2S. The Balaban J connectivity index is 1.57. The molecule has 136 valence electrons. The van der Waals surface area contributed by atoms with Gasteiger partial charge in [0.15, 0.2) is 0 Å². The second kappa shape index (κ2) is 6.16. The summed E-state index contributed by atoms with van der Waals surface area (Å²) in [6.07, 6.45) is 5.07. The molecule has 27 heavy (non-hydrogen) atoms. The third kappa shape index (κ3) is 2.80. The fraction of sp³-hybridized carbons (Fsp3) is 0.286. The predicted octanol–water partition coefficient (Wildman–Crippen LogP) is 4.01. The van der Waals surface area contributed by atoms with Gasteiger partial charge in [0.05, 0.1) is 16.6 Å². The van der Waals surface area contributed by atoms with Gasteiger partial charge in [0, 0.05) is 21.9 Å². The Morgan fingerprint density at radius 2 is 2.00 bits per heavy atom. The maximum absolute atomic E-state index is 13.1. The molecular weight excluding hydrogens is 358 g/mol. The van der Waals surface area contributed by atoms with E-state index in [1.807, 2.05) is 30.3 Å². The van der Waals surface area contributed by atoms with Crippen molar-refractivity contribution in [3.63, 3.8) is 0 Å². The molecule has 5 rings (SSSR count). The van der Waals surface area contributed by atoms with E-state index in [0.717, 1.165) is 59.1 Å². The van der Waals surface area contributed by atoms with Crippen LogP contribution in [0.3, 0.4) is 0 Å². The van der Waals surface area contributed by atoms with E-state index in [4.69, 9.17) is 10.7 Å². The summed E-state index contributed by atoms with van der Waals surface area (Å²) in [5, 5.41) is 4.37. The maximum Gasteiger partial charge on any atom is 0.257 e. The highest BCUT2D eigenvalue weighted by Crippen LogP contribution is 2.41. The number of carbonyl (C=O) groups is 2. The molecule has 3 aromatic rings. The molecule has 5 nitrogen and oxygen atoms in total. The highest BCUT2D eigenvalue weighted by molar-refractivity contribution is 7.17. The summed E-state index contributed by atoms with van der Waals surface area (Å²) in [5.74, 6) is -0.228. The number of rotatable bonds is 4. The number of amides is 2. The lowest BCUT2D eigenvalue weighted by Crippen LogP contribution is -2.18. The summed E-state index contributed by atoms with van der Waals surface area (Å²) in [7, 11) is 0. The second-order valence-electron chi connectivity index (χ2n) is 7.27. The van der Waals surface area contributed by atoms with E-state index in [2.05, 4.69) is 5.32 Å². The highest BCUT2D eigenvalue weighted by atomic mass is 32.1. The van der Waals surface area contributed by atoms with Gasteiger partial charge in [-0.05, 0) is 49.8 Å². The predicted molar refractivity (Wildman–Crippen MR) is 107 cm³/mol. The average molecular weight is 377 g/mol. The minimum atomic E-state index is -0.469. The lowest BCUT2D eigenvalue weighted by molar-refractivity contribution is 0.100. The van der Waals surface area contributed by atoms with Crippen LogP contribution < -0.4 is 11.1 Å². The number of para-hydroxylation sites is 1. The van der Waals surface area contributed by atoms with Crippen LogP contribution in [0.2, 0.25) is 0 Å². The maximum atomic E-state index is 13.1. The van der Waals surface area contributed by atoms with Crippen LogP contribution in [0.15, 0.2) is 30.3 Å². The summed E-state index contributed by atoms with van der Waals surface area (Å²) >= 11 is 1.48. The monoisotopic (exact) mass is 377 g/mol. The summed E-state index contributed by atoms with van der Waals surface area (Å²) in [6.45, 7) is 0. The minimum Gasteiger partial charge on any atom is -0.365 e. The number of hydrogen-bond donors (Lipinski definition) is 2. The molecule has 0 atom stereocenters. The molecule has 0 unspecified atom stereocenters. The van der Waals surface area contributed by atoms with Crippen molar-refractivity contribution in [1.29, 1.82) is 0 Å². The van der Waals surface area contributed by atoms with Crippen LogP contribution in [-0.2, 0) is 12.8 Å². The Bertz CT molecular complexity index is 1100.